The molecule has 0 radical (unpaired) electrons. The molecule has 0 spiro atoms. The average Bonchev–Trinajstić information content (AvgIpc) is 2.42. The SMILES string of the molecule is CCN(CC(C)C)S(=O)(=O)c1ccc(CCNC)cc1. The maximum absolute atomic E-state index is 12.5. The Labute approximate surface area is 123 Å². The van der Waals surface area contributed by atoms with Crippen LogP contribution in [0.1, 0.15) is 26.3 Å². The summed E-state index contributed by atoms with van der Waals surface area (Å²) in [6.45, 7) is 7.88. The maximum atomic E-state index is 12.5. The number of nitrogens with one attached hydrogen (secondary N) is 1. The van der Waals surface area contributed by atoms with Gasteiger partial charge in [-0.25, -0.2) is 8.42 Å². The number of sulfonamides is 1. The molecule has 114 valence electrons. The van der Waals surface area contributed by atoms with Gasteiger partial charge in [0.2, 0.25) is 10.0 Å². The largest absolute Gasteiger partial charge is 0.319 e. The van der Waals surface area contributed by atoms with Crippen molar-refractivity contribution in [2.24, 2.45) is 5.92 Å². The maximum Gasteiger partial charge on any atom is 0.243 e. The van der Waals surface area contributed by atoms with Gasteiger partial charge in [0, 0.05) is 13.1 Å². The molecule has 0 aliphatic heterocycles. The third kappa shape index (κ3) is 4.58. The van der Waals surface area contributed by atoms with Gasteiger partial charge >= 0.3 is 0 Å². The summed E-state index contributed by atoms with van der Waals surface area (Å²) in [5, 5.41) is 3.08. The molecular formula is C15H26N2O2S. The molecule has 0 atom stereocenters. The first-order chi connectivity index (χ1) is 9.41. The smallest absolute Gasteiger partial charge is 0.243 e. The minimum Gasteiger partial charge on any atom is -0.319 e. The second-order valence-electron chi connectivity index (χ2n) is 5.35. The van der Waals surface area contributed by atoms with E-state index < -0.39 is 10.0 Å². The Morgan fingerprint density at radius 1 is 1.20 bits per heavy atom. The molecule has 0 aliphatic rings. The Balaban J connectivity index is 2.91. The third-order valence-corrected chi connectivity index (χ3v) is 5.10. The van der Waals surface area contributed by atoms with E-state index in [1.807, 2.05) is 40.0 Å². The predicted octanol–water partition coefficient (Wildman–Crippen LogP) is 2.12. The van der Waals surface area contributed by atoms with Crippen molar-refractivity contribution in [2.75, 3.05) is 26.7 Å². The van der Waals surface area contributed by atoms with E-state index in [4.69, 9.17) is 0 Å². The highest BCUT2D eigenvalue weighted by Gasteiger charge is 2.23. The Kier molecular flexibility index (Phi) is 6.65. The van der Waals surface area contributed by atoms with Crippen LogP contribution in [0.5, 0.6) is 0 Å². The van der Waals surface area contributed by atoms with E-state index in [0.29, 0.717) is 23.9 Å². The topological polar surface area (TPSA) is 49.4 Å². The van der Waals surface area contributed by atoms with Crippen molar-refractivity contribution in [3.8, 4) is 0 Å². The monoisotopic (exact) mass is 298 g/mol. The van der Waals surface area contributed by atoms with Gasteiger partial charge in [0.05, 0.1) is 4.90 Å². The van der Waals surface area contributed by atoms with E-state index in [2.05, 4.69) is 5.32 Å². The molecule has 0 heterocycles. The van der Waals surface area contributed by atoms with Gasteiger partial charge in [0.1, 0.15) is 0 Å². The molecule has 1 N–H and O–H groups in total. The Bertz CT molecular complexity index is 495. The summed E-state index contributed by atoms with van der Waals surface area (Å²) < 4.78 is 26.6. The van der Waals surface area contributed by atoms with Crippen molar-refractivity contribution in [3.63, 3.8) is 0 Å². The zero-order valence-electron chi connectivity index (χ0n) is 12.9. The number of hydrogen-bond donors (Lipinski definition) is 1. The van der Waals surface area contributed by atoms with Crippen molar-refractivity contribution < 1.29 is 8.42 Å². The molecule has 0 aromatic heterocycles. The Hall–Kier alpha value is -0.910. The van der Waals surface area contributed by atoms with Gasteiger partial charge in [-0.05, 0) is 43.6 Å². The zero-order valence-corrected chi connectivity index (χ0v) is 13.7. The second-order valence-corrected chi connectivity index (χ2v) is 7.28. The Morgan fingerprint density at radius 3 is 2.25 bits per heavy atom. The fourth-order valence-corrected chi connectivity index (χ4v) is 3.66. The first-order valence-electron chi connectivity index (χ1n) is 7.15. The molecule has 1 aromatic carbocycles. The first kappa shape index (κ1) is 17.1. The number of likely N-dealkylation sites (N-methyl/N-ethyl adjacent to an activating group) is 1. The van der Waals surface area contributed by atoms with Crippen molar-refractivity contribution in [1.82, 2.24) is 9.62 Å². The summed E-state index contributed by atoms with van der Waals surface area (Å²) in [6.07, 6.45) is 0.903. The zero-order chi connectivity index (χ0) is 15.2. The Morgan fingerprint density at radius 2 is 1.80 bits per heavy atom. The molecule has 1 rings (SSSR count). The van der Waals surface area contributed by atoms with Gasteiger partial charge in [-0.1, -0.05) is 32.9 Å². The molecule has 5 heteroatoms. The van der Waals surface area contributed by atoms with Crippen LogP contribution in [0, 0.1) is 5.92 Å². The molecule has 0 fully saturated rings. The molecule has 20 heavy (non-hydrogen) atoms. The number of hydrogen-bond acceptors (Lipinski definition) is 3. The molecule has 4 nitrogen and oxygen atoms in total. The van der Waals surface area contributed by atoms with Crippen LogP contribution in [0.2, 0.25) is 0 Å². The van der Waals surface area contributed by atoms with E-state index in [-0.39, 0.29) is 0 Å². The van der Waals surface area contributed by atoms with Crippen molar-refractivity contribution in [3.05, 3.63) is 29.8 Å². The minimum absolute atomic E-state index is 0.319. The highest BCUT2D eigenvalue weighted by molar-refractivity contribution is 7.89. The van der Waals surface area contributed by atoms with Crippen molar-refractivity contribution >= 4 is 10.0 Å². The lowest BCUT2D eigenvalue weighted by molar-refractivity contribution is 0.381. The summed E-state index contributed by atoms with van der Waals surface area (Å²) >= 11 is 0. The molecule has 0 unspecified atom stereocenters. The number of rotatable bonds is 8. The molecule has 0 bridgehead atoms. The normalized spacial score (nSPS) is 12.3. The number of benzene rings is 1. The van der Waals surface area contributed by atoms with Gasteiger partial charge in [-0.3, -0.25) is 0 Å². The summed E-state index contributed by atoms with van der Waals surface area (Å²) in [4.78, 5) is 0.383. The van der Waals surface area contributed by atoms with Gasteiger partial charge in [0.25, 0.3) is 0 Å². The van der Waals surface area contributed by atoms with Crippen LogP contribution >= 0.6 is 0 Å². The molecule has 0 saturated heterocycles. The molecule has 1 aromatic rings. The van der Waals surface area contributed by atoms with Crippen LogP contribution in [0.4, 0.5) is 0 Å². The fourth-order valence-electron chi connectivity index (χ4n) is 2.05. The van der Waals surface area contributed by atoms with Crippen molar-refractivity contribution in [1.29, 1.82) is 0 Å². The van der Waals surface area contributed by atoms with Crippen LogP contribution < -0.4 is 5.32 Å². The van der Waals surface area contributed by atoms with Gasteiger partial charge in [-0.15, -0.1) is 0 Å². The van der Waals surface area contributed by atoms with E-state index in [1.54, 1.807) is 16.4 Å². The highest BCUT2D eigenvalue weighted by Crippen LogP contribution is 2.17. The van der Waals surface area contributed by atoms with E-state index in [9.17, 15) is 8.42 Å². The predicted molar refractivity (Wildman–Crippen MR) is 83.3 cm³/mol. The number of nitrogens with zero attached hydrogens (tertiary/aromatic N) is 1. The quantitative estimate of drug-likeness (QED) is 0.800. The van der Waals surface area contributed by atoms with Gasteiger partial charge in [0.15, 0.2) is 0 Å². The van der Waals surface area contributed by atoms with E-state index >= 15 is 0 Å². The summed E-state index contributed by atoms with van der Waals surface area (Å²) in [6, 6.07) is 7.22. The summed E-state index contributed by atoms with van der Waals surface area (Å²) in [5.74, 6) is 0.319. The standard InChI is InChI=1S/C15H26N2O2S/c1-5-17(12-13(2)3)20(18,19)15-8-6-14(7-9-15)10-11-16-4/h6-9,13,16H,5,10-12H2,1-4H3. The van der Waals surface area contributed by atoms with Crippen LogP contribution in [0.15, 0.2) is 29.2 Å². The average molecular weight is 298 g/mol. The van der Waals surface area contributed by atoms with Crippen molar-refractivity contribution in [2.45, 2.75) is 32.1 Å². The van der Waals surface area contributed by atoms with Crippen LogP contribution in [-0.2, 0) is 16.4 Å². The fraction of sp³-hybridized carbons (Fsp3) is 0.600. The summed E-state index contributed by atoms with van der Waals surface area (Å²) in [5.41, 5.74) is 1.14. The van der Waals surface area contributed by atoms with Crippen LogP contribution in [0.3, 0.4) is 0 Å². The molecule has 0 aliphatic carbocycles. The summed E-state index contributed by atoms with van der Waals surface area (Å²) in [7, 11) is -1.46. The van der Waals surface area contributed by atoms with Gasteiger partial charge < -0.3 is 5.32 Å². The minimum atomic E-state index is -3.37. The van der Waals surface area contributed by atoms with E-state index in [0.717, 1.165) is 18.5 Å². The van der Waals surface area contributed by atoms with Crippen LogP contribution in [0.25, 0.3) is 0 Å². The van der Waals surface area contributed by atoms with E-state index in [1.165, 1.54) is 0 Å². The van der Waals surface area contributed by atoms with Crippen LogP contribution in [-0.4, -0.2) is 39.4 Å². The highest BCUT2D eigenvalue weighted by atomic mass is 32.2. The second kappa shape index (κ2) is 7.76. The lowest BCUT2D eigenvalue weighted by Crippen LogP contribution is -2.34. The lowest BCUT2D eigenvalue weighted by Gasteiger charge is -2.22. The molecule has 0 saturated carbocycles. The van der Waals surface area contributed by atoms with Gasteiger partial charge in [-0.2, -0.15) is 4.31 Å². The molecular weight excluding hydrogens is 272 g/mol. The third-order valence-electron chi connectivity index (χ3n) is 3.15. The molecule has 0 amide bonds. The lowest BCUT2D eigenvalue weighted by atomic mass is 10.1. The first-order valence-corrected chi connectivity index (χ1v) is 8.59.